The van der Waals surface area contributed by atoms with Gasteiger partial charge in [-0.05, 0) is 25.0 Å². The van der Waals surface area contributed by atoms with Gasteiger partial charge in [0.1, 0.15) is 17.1 Å². The maximum absolute atomic E-state index is 5.68. The topological polar surface area (TPSA) is 64.1 Å². The molecular weight excluding hydrogens is 398 g/mol. The fourth-order valence-electron chi connectivity index (χ4n) is 3.71. The highest BCUT2D eigenvalue weighted by atomic mass is 16.5. The summed E-state index contributed by atoms with van der Waals surface area (Å²) >= 11 is 0. The van der Waals surface area contributed by atoms with E-state index in [1.807, 2.05) is 68.4 Å². The van der Waals surface area contributed by atoms with Crippen molar-refractivity contribution in [3.63, 3.8) is 0 Å². The number of benzene rings is 3. The summed E-state index contributed by atoms with van der Waals surface area (Å²) < 4.78 is 11.3. The van der Waals surface area contributed by atoms with Crippen molar-refractivity contribution >= 4 is 5.69 Å². The first kappa shape index (κ1) is 19.8. The Morgan fingerprint density at radius 1 is 0.688 bits per heavy atom. The average molecular weight is 422 g/mol. The minimum absolute atomic E-state index is 0.111. The molecule has 158 valence electrons. The minimum atomic E-state index is -0.111. The Balaban J connectivity index is 1.38. The summed E-state index contributed by atoms with van der Waals surface area (Å²) in [6.07, 6.45) is 0. The number of nitrogens with one attached hydrogen (secondary N) is 1. The first-order valence-electron chi connectivity index (χ1n) is 10.6. The van der Waals surface area contributed by atoms with Crippen LogP contribution < -0.4 is 5.32 Å². The van der Waals surface area contributed by atoms with Crippen LogP contribution in [0.2, 0.25) is 0 Å². The number of rotatable bonds is 6. The van der Waals surface area contributed by atoms with Gasteiger partial charge in [0.2, 0.25) is 0 Å². The van der Waals surface area contributed by atoms with Crippen molar-refractivity contribution in [3.8, 4) is 33.7 Å². The van der Waals surface area contributed by atoms with E-state index in [-0.39, 0.29) is 6.04 Å². The molecule has 1 N–H and O–H groups in total. The number of anilines is 1. The molecule has 2 heterocycles. The molecule has 2 aromatic heterocycles. The van der Waals surface area contributed by atoms with Crippen molar-refractivity contribution in [3.05, 3.63) is 102 Å². The Morgan fingerprint density at radius 3 is 1.97 bits per heavy atom. The first-order chi connectivity index (χ1) is 15.7. The second-order valence-corrected chi connectivity index (χ2v) is 7.76. The van der Waals surface area contributed by atoms with Gasteiger partial charge >= 0.3 is 0 Å². The molecule has 1 atom stereocenters. The van der Waals surface area contributed by atoms with Crippen LogP contribution in [-0.4, -0.2) is 10.3 Å². The van der Waals surface area contributed by atoms with Gasteiger partial charge in [-0.2, -0.15) is 0 Å². The van der Waals surface area contributed by atoms with Gasteiger partial charge in [0.15, 0.2) is 11.5 Å². The van der Waals surface area contributed by atoms with Gasteiger partial charge in [-0.15, -0.1) is 0 Å². The lowest BCUT2D eigenvalue weighted by molar-refractivity contribution is 0.375. The maximum atomic E-state index is 5.68. The molecule has 5 aromatic rings. The molecule has 0 fully saturated rings. The molecule has 0 aliphatic rings. The molecule has 32 heavy (non-hydrogen) atoms. The fraction of sp³-hybridized carbons (Fsp3) is 0.111. The quantitative estimate of drug-likeness (QED) is 0.315. The highest BCUT2D eigenvalue weighted by molar-refractivity contribution is 5.76. The van der Waals surface area contributed by atoms with E-state index in [0.29, 0.717) is 5.76 Å². The SMILES string of the molecule is Cc1noc(-c2ccc(-c3ccccc3)cc2)c1NC(C)c1cc(-c2ccccc2)no1. The highest BCUT2D eigenvalue weighted by Crippen LogP contribution is 2.35. The molecule has 0 bridgehead atoms. The summed E-state index contributed by atoms with van der Waals surface area (Å²) in [7, 11) is 0. The molecule has 0 amide bonds. The van der Waals surface area contributed by atoms with Crippen LogP contribution in [0.1, 0.15) is 24.4 Å². The molecule has 5 nitrogen and oxygen atoms in total. The van der Waals surface area contributed by atoms with E-state index < -0.39 is 0 Å². The van der Waals surface area contributed by atoms with Crippen LogP contribution in [0.5, 0.6) is 0 Å². The first-order valence-corrected chi connectivity index (χ1v) is 10.6. The van der Waals surface area contributed by atoms with Crippen molar-refractivity contribution in [1.29, 1.82) is 0 Å². The number of hydrogen-bond donors (Lipinski definition) is 1. The largest absolute Gasteiger partial charge is 0.371 e. The van der Waals surface area contributed by atoms with Crippen LogP contribution >= 0.6 is 0 Å². The van der Waals surface area contributed by atoms with Gasteiger partial charge in [0, 0.05) is 17.2 Å². The predicted octanol–water partition coefficient (Wildman–Crippen LogP) is 7.15. The van der Waals surface area contributed by atoms with Gasteiger partial charge < -0.3 is 14.4 Å². The lowest BCUT2D eigenvalue weighted by Gasteiger charge is -2.12. The van der Waals surface area contributed by atoms with Gasteiger partial charge in [-0.3, -0.25) is 0 Å². The van der Waals surface area contributed by atoms with Crippen molar-refractivity contribution in [2.45, 2.75) is 19.9 Å². The third-order valence-corrected chi connectivity index (χ3v) is 5.50. The second kappa shape index (κ2) is 8.55. The van der Waals surface area contributed by atoms with E-state index in [0.717, 1.165) is 39.5 Å². The van der Waals surface area contributed by atoms with E-state index in [1.165, 1.54) is 5.56 Å². The van der Waals surface area contributed by atoms with Crippen LogP contribution in [-0.2, 0) is 0 Å². The standard InChI is InChI=1S/C27H23N3O2/c1-18(25-17-24(30-31-25)22-11-7-4-8-12-22)28-26-19(2)29-32-27(26)23-15-13-21(14-16-23)20-9-5-3-6-10-20/h3-18,28H,1-2H3. The van der Waals surface area contributed by atoms with Crippen molar-refractivity contribution in [2.75, 3.05) is 5.32 Å². The van der Waals surface area contributed by atoms with Gasteiger partial charge in [-0.1, -0.05) is 95.2 Å². The molecule has 3 aromatic carbocycles. The zero-order valence-electron chi connectivity index (χ0n) is 17.9. The summed E-state index contributed by atoms with van der Waals surface area (Å²) in [5, 5.41) is 11.9. The average Bonchev–Trinajstić information content (AvgIpc) is 3.48. The van der Waals surface area contributed by atoms with Crippen LogP contribution in [0.15, 0.2) is 100 Å². The summed E-state index contributed by atoms with van der Waals surface area (Å²) in [5.74, 6) is 1.45. The predicted molar refractivity (Wildman–Crippen MR) is 126 cm³/mol. The van der Waals surface area contributed by atoms with Crippen molar-refractivity contribution in [2.24, 2.45) is 0 Å². The molecule has 0 spiro atoms. The smallest absolute Gasteiger partial charge is 0.190 e. The lowest BCUT2D eigenvalue weighted by Crippen LogP contribution is -2.06. The molecule has 0 saturated heterocycles. The third-order valence-electron chi connectivity index (χ3n) is 5.50. The molecular formula is C27H23N3O2. The Bertz CT molecular complexity index is 1310. The maximum Gasteiger partial charge on any atom is 0.190 e. The molecule has 5 rings (SSSR count). The van der Waals surface area contributed by atoms with E-state index in [4.69, 9.17) is 9.05 Å². The Labute approximate surface area is 186 Å². The molecule has 0 saturated carbocycles. The van der Waals surface area contributed by atoms with Gasteiger partial charge in [0.05, 0.1) is 6.04 Å². The second-order valence-electron chi connectivity index (χ2n) is 7.76. The Kier molecular flexibility index (Phi) is 5.30. The monoisotopic (exact) mass is 421 g/mol. The molecule has 1 unspecified atom stereocenters. The number of aromatic nitrogens is 2. The highest BCUT2D eigenvalue weighted by Gasteiger charge is 2.20. The molecule has 0 aliphatic carbocycles. The van der Waals surface area contributed by atoms with Crippen LogP contribution in [0.25, 0.3) is 33.7 Å². The summed E-state index contributed by atoms with van der Waals surface area (Å²) in [5.41, 5.74) is 6.78. The number of nitrogens with zero attached hydrogens (tertiary/aromatic N) is 2. The van der Waals surface area contributed by atoms with Crippen molar-refractivity contribution < 1.29 is 9.05 Å². The Hall–Kier alpha value is -4.12. The molecule has 5 heteroatoms. The van der Waals surface area contributed by atoms with Gasteiger partial charge in [-0.25, -0.2) is 0 Å². The van der Waals surface area contributed by atoms with Gasteiger partial charge in [0.25, 0.3) is 0 Å². The van der Waals surface area contributed by atoms with Crippen LogP contribution in [0, 0.1) is 6.92 Å². The molecule has 0 aliphatic heterocycles. The van der Waals surface area contributed by atoms with E-state index >= 15 is 0 Å². The fourth-order valence-corrected chi connectivity index (χ4v) is 3.71. The third kappa shape index (κ3) is 3.93. The van der Waals surface area contributed by atoms with Crippen LogP contribution in [0.4, 0.5) is 5.69 Å². The summed E-state index contributed by atoms with van der Waals surface area (Å²) in [4.78, 5) is 0. The zero-order chi connectivity index (χ0) is 21.9. The summed E-state index contributed by atoms with van der Waals surface area (Å²) in [6.45, 7) is 3.96. The number of aryl methyl sites for hydroxylation is 1. The lowest BCUT2D eigenvalue weighted by atomic mass is 10.0. The van der Waals surface area contributed by atoms with Crippen molar-refractivity contribution in [1.82, 2.24) is 10.3 Å². The minimum Gasteiger partial charge on any atom is -0.371 e. The zero-order valence-corrected chi connectivity index (χ0v) is 17.9. The number of hydrogen-bond acceptors (Lipinski definition) is 5. The molecule has 0 radical (unpaired) electrons. The van der Waals surface area contributed by atoms with E-state index in [2.05, 4.69) is 52.0 Å². The Morgan fingerprint density at radius 2 is 1.28 bits per heavy atom. The van der Waals surface area contributed by atoms with Crippen LogP contribution in [0.3, 0.4) is 0 Å². The van der Waals surface area contributed by atoms with E-state index in [9.17, 15) is 0 Å². The summed E-state index contributed by atoms with van der Waals surface area (Å²) in [6, 6.07) is 30.4. The normalized spacial score (nSPS) is 11.9. The van der Waals surface area contributed by atoms with E-state index in [1.54, 1.807) is 0 Å².